The number of carbonyl (C=O) groups is 1. The Morgan fingerprint density at radius 3 is 1.89 bits per heavy atom. The van der Waals surface area contributed by atoms with Crippen LogP contribution in [0.2, 0.25) is 0 Å². The quantitative estimate of drug-likeness (QED) is 0.100. The Balaban J connectivity index is 2.53. The minimum atomic E-state index is -0.639. The Hall–Kier alpha value is -1.95. The molecule has 0 radical (unpaired) electrons. The largest absolute Gasteiger partial charge is 0.508 e. The highest BCUT2D eigenvalue weighted by Crippen LogP contribution is 2.26. The first kappa shape index (κ1) is 33.1. The molecule has 1 rings (SSSR count). The molecule has 0 saturated heterocycles. The van der Waals surface area contributed by atoms with E-state index in [0.717, 1.165) is 56.0 Å². The van der Waals surface area contributed by atoms with Crippen LogP contribution < -0.4 is 9.47 Å². The first-order chi connectivity index (χ1) is 18.1. The molecule has 0 saturated carbocycles. The van der Waals surface area contributed by atoms with Gasteiger partial charge in [0.1, 0.15) is 18.1 Å². The fourth-order valence-corrected chi connectivity index (χ4v) is 4.20. The molecule has 0 aliphatic heterocycles. The van der Waals surface area contributed by atoms with Crippen LogP contribution in [0.25, 0.3) is 0 Å². The summed E-state index contributed by atoms with van der Waals surface area (Å²) in [5, 5.41) is 0. The van der Waals surface area contributed by atoms with Crippen molar-refractivity contribution in [1.82, 2.24) is 4.90 Å². The number of nitrogens with zero attached hydrogens (tertiary/aromatic N) is 1. The fourth-order valence-electron chi connectivity index (χ4n) is 4.20. The van der Waals surface area contributed by atoms with Gasteiger partial charge in [0.15, 0.2) is 0 Å². The molecule has 37 heavy (non-hydrogen) atoms. The lowest BCUT2D eigenvalue weighted by molar-refractivity contribution is 0.0468. The molecular formula is C31H55NO5. The van der Waals surface area contributed by atoms with Gasteiger partial charge in [-0.15, -0.1) is 0 Å². The van der Waals surface area contributed by atoms with Crippen LogP contribution in [0.3, 0.4) is 0 Å². The molecule has 0 aliphatic rings. The third-order valence-electron chi connectivity index (χ3n) is 6.63. The number of rotatable bonds is 24. The lowest BCUT2D eigenvalue weighted by atomic mass is 10.1. The minimum absolute atomic E-state index is 0.106. The number of hydrogen-bond donors (Lipinski definition) is 0. The van der Waals surface area contributed by atoms with Gasteiger partial charge in [-0.2, -0.15) is 0 Å². The summed E-state index contributed by atoms with van der Waals surface area (Å²) in [6, 6.07) is 5.81. The van der Waals surface area contributed by atoms with Crippen LogP contribution >= 0.6 is 0 Å². The van der Waals surface area contributed by atoms with Crippen molar-refractivity contribution < 1.29 is 23.7 Å². The summed E-state index contributed by atoms with van der Waals surface area (Å²) in [6.45, 7) is 13.5. The van der Waals surface area contributed by atoms with Gasteiger partial charge in [-0.3, -0.25) is 0 Å². The number of ether oxygens (including phenoxy) is 4. The molecule has 214 valence electrons. The SMILES string of the molecule is CCCCCCCCOc1ccc(OCCCCCCCC)c(COC(=O)OCCCN(CC)CC)c1. The molecule has 0 N–H and O–H groups in total. The van der Waals surface area contributed by atoms with E-state index >= 15 is 0 Å². The predicted octanol–water partition coefficient (Wildman–Crippen LogP) is 8.55. The van der Waals surface area contributed by atoms with E-state index < -0.39 is 6.16 Å². The third kappa shape index (κ3) is 17.2. The van der Waals surface area contributed by atoms with Crippen LogP contribution in [0.1, 0.15) is 117 Å². The number of hydrogen-bond acceptors (Lipinski definition) is 6. The Morgan fingerprint density at radius 2 is 1.27 bits per heavy atom. The maximum absolute atomic E-state index is 12.2. The summed E-state index contributed by atoms with van der Waals surface area (Å²) < 4.78 is 22.8. The van der Waals surface area contributed by atoms with Crippen LogP contribution in [0, 0.1) is 0 Å². The molecule has 0 bridgehead atoms. The van der Waals surface area contributed by atoms with Gasteiger partial charge in [-0.05, 0) is 50.6 Å². The van der Waals surface area contributed by atoms with Gasteiger partial charge in [0.25, 0.3) is 0 Å². The van der Waals surface area contributed by atoms with Crippen molar-refractivity contribution in [3.8, 4) is 11.5 Å². The van der Waals surface area contributed by atoms with Crippen LogP contribution in [-0.2, 0) is 16.1 Å². The fraction of sp³-hybridized carbons (Fsp3) is 0.774. The average molecular weight is 522 g/mol. The molecule has 0 heterocycles. The van der Waals surface area contributed by atoms with Gasteiger partial charge in [-0.1, -0.05) is 91.9 Å². The van der Waals surface area contributed by atoms with E-state index in [9.17, 15) is 4.79 Å². The van der Waals surface area contributed by atoms with E-state index in [1.807, 2.05) is 18.2 Å². The molecule has 0 fully saturated rings. The summed E-state index contributed by atoms with van der Waals surface area (Å²) in [4.78, 5) is 14.5. The van der Waals surface area contributed by atoms with Gasteiger partial charge < -0.3 is 23.8 Å². The first-order valence-electron chi connectivity index (χ1n) is 15.0. The van der Waals surface area contributed by atoms with E-state index in [-0.39, 0.29) is 6.61 Å². The second kappa shape index (κ2) is 23.2. The lowest BCUT2D eigenvalue weighted by Crippen LogP contribution is -2.25. The Kier molecular flexibility index (Phi) is 20.7. The molecule has 0 spiro atoms. The van der Waals surface area contributed by atoms with E-state index in [0.29, 0.717) is 19.8 Å². The normalized spacial score (nSPS) is 11.1. The predicted molar refractivity (Wildman–Crippen MR) is 153 cm³/mol. The summed E-state index contributed by atoms with van der Waals surface area (Å²) in [5.41, 5.74) is 0.812. The summed E-state index contributed by atoms with van der Waals surface area (Å²) in [5.74, 6) is 1.53. The van der Waals surface area contributed by atoms with Crippen molar-refractivity contribution in [2.75, 3.05) is 39.5 Å². The number of unbranched alkanes of at least 4 members (excludes halogenated alkanes) is 10. The van der Waals surface area contributed by atoms with Gasteiger partial charge in [0.2, 0.25) is 0 Å². The third-order valence-corrected chi connectivity index (χ3v) is 6.63. The molecule has 0 aromatic heterocycles. The molecule has 6 nitrogen and oxygen atoms in total. The van der Waals surface area contributed by atoms with Gasteiger partial charge in [-0.25, -0.2) is 4.79 Å². The summed E-state index contributed by atoms with van der Waals surface area (Å²) in [7, 11) is 0. The zero-order valence-electron chi connectivity index (χ0n) is 24.4. The molecule has 1 aromatic rings. The molecule has 6 heteroatoms. The minimum Gasteiger partial charge on any atom is -0.494 e. The second-order valence-corrected chi connectivity index (χ2v) is 9.77. The van der Waals surface area contributed by atoms with Gasteiger partial charge >= 0.3 is 6.16 Å². The van der Waals surface area contributed by atoms with E-state index in [1.165, 1.54) is 64.2 Å². The van der Waals surface area contributed by atoms with E-state index in [2.05, 4.69) is 32.6 Å². The maximum Gasteiger partial charge on any atom is 0.508 e. The molecule has 1 aromatic carbocycles. The first-order valence-corrected chi connectivity index (χ1v) is 15.0. The Bertz CT molecular complexity index is 678. The highest BCUT2D eigenvalue weighted by molar-refractivity contribution is 5.60. The van der Waals surface area contributed by atoms with Crippen LogP contribution in [0.15, 0.2) is 18.2 Å². The van der Waals surface area contributed by atoms with Gasteiger partial charge in [0.05, 0.1) is 19.8 Å². The zero-order valence-corrected chi connectivity index (χ0v) is 24.4. The molecule has 0 atom stereocenters. The molecule has 0 aliphatic carbocycles. The molecular weight excluding hydrogens is 466 g/mol. The van der Waals surface area contributed by atoms with Crippen molar-refractivity contribution in [2.45, 2.75) is 118 Å². The summed E-state index contributed by atoms with van der Waals surface area (Å²) in [6.07, 6.45) is 14.8. The standard InChI is InChI=1S/C31H55NO5/c1-5-9-11-13-15-17-23-34-29-20-21-30(35-24-18-16-14-12-10-6-2)28(26-29)27-37-31(33)36-25-19-22-32(7-3)8-4/h20-21,26H,5-19,22-25,27H2,1-4H3. The highest BCUT2D eigenvalue weighted by atomic mass is 16.7. The van der Waals surface area contributed by atoms with Crippen molar-refractivity contribution >= 4 is 6.16 Å². The topological polar surface area (TPSA) is 57.2 Å². The second-order valence-electron chi connectivity index (χ2n) is 9.77. The average Bonchev–Trinajstić information content (AvgIpc) is 2.91. The van der Waals surface area contributed by atoms with Crippen molar-refractivity contribution in [3.05, 3.63) is 23.8 Å². The van der Waals surface area contributed by atoms with Crippen LogP contribution in [0.5, 0.6) is 11.5 Å². The zero-order chi connectivity index (χ0) is 27.0. The van der Waals surface area contributed by atoms with Crippen LogP contribution in [-0.4, -0.2) is 50.5 Å². The monoisotopic (exact) mass is 521 g/mol. The highest BCUT2D eigenvalue weighted by Gasteiger charge is 2.11. The molecule has 0 amide bonds. The lowest BCUT2D eigenvalue weighted by Gasteiger charge is -2.17. The van der Waals surface area contributed by atoms with Crippen LogP contribution in [0.4, 0.5) is 4.79 Å². The Morgan fingerprint density at radius 1 is 0.676 bits per heavy atom. The number of carbonyl (C=O) groups excluding carboxylic acids is 1. The van der Waals surface area contributed by atoms with E-state index in [1.54, 1.807) is 0 Å². The van der Waals surface area contributed by atoms with Crippen molar-refractivity contribution in [1.29, 1.82) is 0 Å². The summed E-state index contributed by atoms with van der Waals surface area (Å²) >= 11 is 0. The van der Waals surface area contributed by atoms with Crippen molar-refractivity contribution in [2.24, 2.45) is 0 Å². The maximum atomic E-state index is 12.2. The van der Waals surface area contributed by atoms with E-state index in [4.69, 9.17) is 18.9 Å². The van der Waals surface area contributed by atoms with Crippen molar-refractivity contribution in [3.63, 3.8) is 0 Å². The smallest absolute Gasteiger partial charge is 0.494 e. The van der Waals surface area contributed by atoms with Gasteiger partial charge in [0, 0.05) is 12.1 Å². The molecule has 0 unspecified atom stereocenters. The number of benzene rings is 1. The Labute approximate surface area is 227 Å².